The Bertz CT molecular complexity index is 1690. The van der Waals surface area contributed by atoms with Crippen molar-refractivity contribution in [1.82, 2.24) is 10.2 Å². The first-order valence-electron chi connectivity index (χ1n) is 17.0. The van der Waals surface area contributed by atoms with Gasteiger partial charge in [0, 0.05) is 0 Å². The summed E-state index contributed by atoms with van der Waals surface area (Å²) in [7, 11) is 2.68. The molecule has 0 aromatic heterocycles. The molecule has 0 radical (unpaired) electrons. The smallest absolute Gasteiger partial charge is 0.414 e. The Morgan fingerprint density at radius 3 is 2.00 bits per heavy atom. The molecule has 1 aliphatic heterocycles. The number of aliphatic imine (C=N–C) groups is 1. The maximum atomic E-state index is 14.0. The number of carbonyl (C=O) groups excluding carboxylic acids is 4. The van der Waals surface area contributed by atoms with E-state index in [0.717, 1.165) is 11.1 Å². The third kappa shape index (κ3) is 10.5. The molecule has 0 aliphatic carbocycles. The zero-order valence-electron chi connectivity index (χ0n) is 31.2. The largest absolute Gasteiger partial charge is 0.467 e. The molecule has 0 fully saturated rings. The average molecular weight is 701 g/mol. The molecule has 0 bridgehead atoms. The summed E-state index contributed by atoms with van der Waals surface area (Å²) in [4.78, 5) is 56.8. The number of nitrogens with one attached hydrogen (secondary N) is 1. The summed E-state index contributed by atoms with van der Waals surface area (Å²) in [6, 6.07) is 25.5. The highest BCUT2D eigenvalue weighted by atomic mass is 16.6. The quantitative estimate of drug-likeness (QED) is 0.175. The van der Waals surface area contributed by atoms with Crippen LogP contribution in [0.25, 0.3) is 0 Å². The fraction of sp³-hybridized carbons (Fsp3) is 0.425. The lowest BCUT2D eigenvalue weighted by Gasteiger charge is -2.28. The van der Waals surface area contributed by atoms with Gasteiger partial charge < -0.3 is 19.9 Å². The lowest BCUT2D eigenvalue weighted by Crippen LogP contribution is -2.47. The number of esters is 2. The zero-order valence-corrected chi connectivity index (χ0v) is 31.2. The van der Waals surface area contributed by atoms with Crippen molar-refractivity contribution in [2.75, 3.05) is 14.2 Å². The number of nitrogens with zero attached hydrogens (tertiary/aromatic N) is 2. The summed E-state index contributed by atoms with van der Waals surface area (Å²) in [5.74, 6) is -0.534. The molecule has 1 heterocycles. The number of hydrogen-bond donors (Lipinski definition) is 2. The number of ether oxygens (including phenoxy) is 3. The normalized spacial score (nSPS) is 16.8. The van der Waals surface area contributed by atoms with E-state index in [9.17, 15) is 19.2 Å². The first-order valence-corrected chi connectivity index (χ1v) is 17.0. The molecular formula is C40H52N4O7. The van der Waals surface area contributed by atoms with Gasteiger partial charge in [0.1, 0.15) is 11.1 Å². The van der Waals surface area contributed by atoms with Crippen LogP contribution in [0, 0.1) is 11.8 Å². The van der Waals surface area contributed by atoms with Crippen molar-refractivity contribution in [3.05, 3.63) is 107 Å². The topological polar surface area (TPSA) is 150 Å². The summed E-state index contributed by atoms with van der Waals surface area (Å²) < 4.78 is 15.1. The van der Waals surface area contributed by atoms with Gasteiger partial charge in [-0.2, -0.15) is 0 Å². The molecule has 2 unspecified atom stereocenters. The van der Waals surface area contributed by atoms with E-state index in [4.69, 9.17) is 24.9 Å². The highest BCUT2D eigenvalue weighted by Gasteiger charge is 2.50. The van der Waals surface area contributed by atoms with Crippen LogP contribution >= 0.6 is 0 Å². The SMILES string of the molecule is COC(=O)C(N)(CC(C)C)c1ccccc1.COC(=O)c1cccc(CN2C(=O)C(CC(C)C)(c3ccccc3)N=C2NC(=O)OC(C)(C)C)c1. The van der Waals surface area contributed by atoms with Gasteiger partial charge in [0.25, 0.3) is 5.91 Å². The predicted molar refractivity (Wildman–Crippen MR) is 196 cm³/mol. The number of methoxy groups -OCH3 is 2. The minimum Gasteiger partial charge on any atom is -0.467 e. The molecule has 0 saturated heterocycles. The minimum atomic E-state index is -1.19. The molecule has 11 heteroatoms. The van der Waals surface area contributed by atoms with Crippen molar-refractivity contribution >= 4 is 29.9 Å². The maximum Gasteiger partial charge on any atom is 0.414 e. The number of benzene rings is 3. The van der Waals surface area contributed by atoms with Gasteiger partial charge in [-0.1, -0.05) is 100 Å². The van der Waals surface area contributed by atoms with Gasteiger partial charge in [0.05, 0.1) is 26.3 Å². The second-order valence-corrected chi connectivity index (χ2v) is 14.4. The van der Waals surface area contributed by atoms with Crippen molar-refractivity contribution in [2.45, 2.75) is 84.5 Å². The second-order valence-electron chi connectivity index (χ2n) is 14.4. The van der Waals surface area contributed by atoms with E-state index in [1.807, 2.05) is 88.4 Å². The van der Waals surface area contributed by atoms with E-state index in [1.54, 1.807) is 45.0 Å². The number of amides is 2. The summed E-state index contributed by atoms with van der Waals surface area (Å²) in [6.45, 7) is 13.5. The third-order valence-electron chi connectivity index (χ3n) is 7.98. The predicted octanol–water partition coefficient (Wildman–Crippen LogP) is 6.70. The van der Waals surface area contributed by atoms with Gasteiger partial charge in [0.2, 0.25) is 5.96 Å². The fourth-order valence-corrected chi connectivity index (χ4v) is 5.97. The number of alkyl carbamates (subject to hydrolysis) is 1. The standard InChI is InChI=1S/C27H33N3O5.C13H19NO2/c1-18(2)16-27(21-13-8-7-9-14-21)23(32)30(24(29-27)28-25(33)35-26(3,4)5)17-19-11-10-12-20(15-19)22(31)34-6;1-10(2)9-13(14,12(15)16-3)11-7-5-4-6-8-11/h7-15,18H,16-17H2,1-6H3,(H,28,29,33);4-8,10H,9,14H2,1-3H3. The molecule has 0 spiro atoms. The average Bonchev–Trinajstić information content (AvgIpc) is 3.33. The fourth-order valence-electron chi connectivity index (χ4n) is 5.97. The molecule has 2 atom stereocenters. The summed E-state index contributed by atoms with van der Waals surface area (Å²) >= 11 is 0. The van der Waals surface area contributed by atoms with E-state index in [2.05, 4.69) is 5.32 Å². The van der Waals surface area contributed by atoms with Gasteiger partial charge >= 0.3 is 18.0 Å². The Morgan fingerprint density at radius 2 is 1.47 bits per heavy atom. The van der Waals surface area contributed by atoms with E-state index in [1.165, 1.54) is 19.1 Å². The van der Waals surface area contributed by atoms with E-state index in [0.29, 0.717) is 29.9 Å². The van der Waals surface area contributed by atoms with Crippen molar-refractivity contribution in [3.63, 3.8) is 0 Å². The number of carbonyl (C=O) groups is 4. The van der Waals surface area contributed by atoms with E-state index >= 15 is 0 Å². The Morgan fingerprint density at radius 1 is 0.863 bits per heavy atom. The Kier molecular flexibility index (Phi) is 13.7. The molecular weight excluding hydrogens is 648 g/mol. The molecule has 3 aromatic carbocycles. The number of nitrogens with two attached hydrogens (primary N) is 1. The molecule has 4 rings (SSSR count). The van der Waals surface area contributed by atoms with Gasteiger partial charge in [-0.05, 0) is 74.3 Å². The molecule has 11 nitrogen and oxygen atoms in total. The first-order chi connectivity index (χ1) is 24.0. The Labute approximate surface area is 301 Å². The van der Waals surface area contributed by atoms with Gasteiger partial charge in [-0.25, -0.2) is 19.4 Å². The molecule has 3 aromatic rings. The highest BCUT2D eigenvalue weighted by molar-refractivity contribution is 6.11. The van der Waals surface area contributed by atoms with Gasteiger partial charge in [-0.15, -0.1) is 0 Å². The first kappa shape index (κ1) is 40.4. The van der Waals surface area contributed by atoms with Crippen LogP contribution in [0.4, 0.5) is 4.79 Å². The summed E-state index contributed by atoms with van der Waals surface area (Å²) in [5.41, 5.74) is 5.85. The van der Waals surface area contributed by atoms with Crippen LogP contribution in [0.15, 0.2) is 89.9 Å². The lowest BCUT2D eigenvalue weighted by atomic mass is 9.82. The van der Waals surface area contributed by atoms with Crippen LogP contribution in [-0.2, 0) is 41.4 Å². The lowest BCUT2D eigenvalue weighted by molar-refractivity contribution is -0.148. The van der Waals surface area contributed by atoms with Crippen LogP contribution in [0.5, 0.6) is 0 Å². The van der Waals surface area contributed by atoms with E-state index in [-0.39, 0.29) is 30.3 Å². The van der Waals surface area contributed by atoms with Crippen LogP contribution in [0.3, 0.4) is 0 Å². The zero-order chi connectivity index (χ0) is 38.0. The monoisotopic (exact) mass is 700 g/mol. The van der Waals surface area contributed by atoms with Crippen molar-refractivity contribution in [1.29, 1.82) is 0 Å². The van der Waals surface area contributed by atoms with Crippen LogP contribution < -0.4 is 11.1 Å². The Hall–Kier alpha value is -5.03. The number of guanidine groups is 1. The van der Waals surface area contributed by atoms with Crippen molar-refractivity contribution in [2.24, 2.45) is 22.6 Å². The molecule has 0 saturated carbocycles. The molecule has 274 valence electrons. The minimum absolute atomic E-state index is 0.102. The Balaban J connectivity index is 0.000000367. The number of rotatable bonds is 10. The highest BCUT2D eigenvalue weighted by Crippen LogP contribution is 2.39. The number of hydrogen-bond acceptors (Lipinski definition) is 9. The third-order valence-corrected chi connectivity index (χ3v) is 7.98. The second kappa shape index (κ2) is 17.3. The maximum absolute atomic E-state index is 14.0. The van der Waals surface area contributed by atoms with Crippen LogP contribution in [0.1, 0.15) is 88.4 Å². The summed E-state index contributed by atoms with van der Waals surface area (Å²) in [6.07, 6.45) is 0.323. The van der Waals surface area contributed by atoms with Crippen LogP contribution in [0.2, 0.25) is 0 Å². The van der Waals surface area contributed by atoms with Gasteiger partial charge in [0.15, 0.2) is 5.54 Å². The molecule has 3 N–H and O–H groups in total. The van der Waals surface area contributed by atoms with Crippen LogP contribution in [-0.4, -0.2) is 54.6 Å². The summed E-state index contributed by atoms with van der Waals surface area (Å²) in [5, 5.41) is 2.68. The molecule has 51 heavy (non-hydrogen) atoms. The molecule has 1 aliphatic rings. The van der Waals surface area contributed by atoms with Crippen molar-refractivity contribution in [3.8, 4) is 0 Å². The molecule has 2 amide bonds. The van der Waals surface area contributed by atoms with Gasteiger partial charge in [-0.3, -0.25) is 15.0 Å². The van der Waals surface area contributed by atoms with E-state index < -0.39 is 28.7 Å². The van der Waals surface area contributed by atoms with Crippen molar-refractivity contribution < 1.29 is 33.4 Å².